The fourth-order valence-corrected chi connectivity index (χ4v) is 2.47. The number of benzene rings is 1. The first-order valence-corrected chi connectivity index (χ1v) is 6.80. The maximum absolute atomic E-state index is 12.3. The van der Waals surface area contributed by atoms with Gasteiger partial charge in [0.1, 0.15) is 0 Å². The topological polar surface area (TPSA) is 44.4 Å². The van der Waals surface area contributed by atoms with Crippen LogP contribution in [0.5, 0.6) is 0 Å². The Bertz CT molecular complexity index is 450. The Hall–Kier alpha value is -1.39. The van der Waals surface area contributed by atoms with E-state index in [9.17, 15) is 4.79 Å². The summed E-state index contributed by atoms with van der Waals surface area (Å²) in [5.74, 6) is 0.0620. The van der Waals surface area contributed by atoms with Crippen LogP contribution in [0, 0.1) is 0 Å². The Labute approximate surface area is 115 Å². The maximum atomic E-state index is 12.3. The Balaban J connectivity index is 2.04. The minimum atomic E-state index is -0.419. The molecule has 19 heavy (non-hydrogen) atoms. The lowest BCUT2D eigenvalue weighted by Crippen LogP contribution is -2.47. The van der Waals surface area contributed by atoms with Gasteiger partial charge in [-0.3, -0.25) is 4.79 Å². The molecule has 0 saturated carbocycles. The van der Waals surface area contributed by atoms with Crippen molar-refractivity contribution in [3.63, 3.8) is 0 Å². The van der Waals surface area contributed by atoms with Crippen LogP contribution in [-0.4, -0.2) is 37.0 Å². The van der Waals surface area contributed by atoms with Crippen molar-refractivity contribution in [1.29, 1.82) is 0 Å². The molecule has 1 amide bonds. The van der Waals surface area contributed by atoms with Crippen LogP contribution < -0.4 is 10.6 Å². The smallest absolute Gasteiger partial charge is 0.244 e. The molecule has 0 spiro atoms. The third-order valence-electron chi connectivity index (χ3n) is 3.55. The second-order valence-corrected chi connectivity index (χ2v) is 5.75. The molecule has 1 aliphatic rings. The van der Waals surface area contributed by atoms with Crippen molar-refractivity contribution in [3.05, 3.63) is 29.8 Å². The summed E-state index contributed by atoms with van der Waals surface area (Å²) in [6.07, 6.45) is 1.96. The molecule has 1 saturated heterocycles. The van der Waals surface area contributed by atoms with Gasteiger partial charge in [-0.1, -0.05) is 12.1 Å². The van der Waals surface area contributed by atoms with E-state index in [1.807, 2.05) is 39.2 Å². The van der Waals surface area contributed by atoms with Crippen LogP contribution in [-0.2, 0) is 11.3 Å². The summed E-state index contributed by atoms with van der Waals surface area (Å²) in [5, 5.41) is 6.30. The monoisotopic (exact) mass is 261 g/mol. The molecule has 1 aromatic rings. The van der Waals surface area contributed by atoms with Crippen molar-refractivity contribution in [2.24, 2.45) is 0 Å². The standard InChI is InChI=1S/C15H23N3O/c1-15(8-5-9-16-15)14(19)17-13-7-4-6-12(10-13)11-18(2)3/h4,6-7,10,16H,5,8-9,11H2,1-3H3,(H,17,19). The van der Waals surface area contributed by atoms with Gasteiger partial charge in [-0.2, -0.15) is 0 Å². The number of carbonyl (C=O) groups is 1. The summed E-state index contributed by atoms with van der Waals surface area (Å²) in [6.45, 7) is 3.77. The van der Waals surface area contributed by atoms with Crippen molar-refractivity contribution in [2.45, 2.75) is 31.8 Å². The zero-order chi connectivity index (χ0) is 13.9. The number of hydrogen-bond acceptors (Lipinski definition) is 3. The van der Waals surface area contributed by atoms with Gasteiger partial charge >= 0.3 is 0 Å². The number of hydrogen-bond donors (Lipinski definition) is 2. The quantitative estimate of drug-likeness (QED) is 0.869. The van der Waals surface area contributed by atoms with Crippen LogP contribution in [0.15, 0.2) is 24.3 Å². The van der Waals surface area contributed by atoms with Crippen LogP contribution in [0.3, 0.4) is 0 Å². The predicted octanol–water partition coefficient (Wildman–Crippen LogP) is 1.83. The Morgan fingerprint density at radius 2 is 2.26 bits per heavy atom. The van der Waals surface area contributed by atoms with E-state index in [1.54, 1.807) is 0 Å². The highest BCUT2D eigenvalue weighted by Crippen LogP contribution is 2.21. The summed E-state index contributed by atoms with van der Waals surface area (Å²) >= 11 is 0. The van der Waals surface area contributed by atoms with Gasteiger partial charge in [0.25, 0.3) is 0 Å². The van der Waals surface area contributed by atoms with E-state index in [0.717, 1.165) is 31.6 Å². The average molecular weight is 261 g/mol. The third-order valence-corrected chi connectivity index (χ3v) is 3.55. The summed E-state index contributed by atoms with van der Waals surface area (Å²) < 4.78 is 0. The molecule has 0 radical (unpaired) electrons. The van der Waals surface area contributed by atoms with Crippen molar-refractivity contribution >= 4 is 11.6 Å². The van der Waals surface area contributed by atoms with Gasteiger partial charge in [0, 0.05) is 12.2 Å². The molecule has 4 heteroatoms. The van der Waals surface area contributed by atoms with E-state index in [-0.39, 0.29) is 5.91 Å². The summed E-state index contributed by atoms with van der Waals surface area (Å²) in [4.78, 5) is 14.4. The number of rotatable bonds is 4. The minimum absolute atomic E-state index is 0.0620. The van der Waals surface area contributed by atoms with Gasteiger partial charge in [-0.05, 0) is 58.1 Å². The lowest BCUT2D eigenvalue weighted by Gasteiger charge is -2.23. The molecule has 2 rings (SSSR count). The normalized spacial score (nSPS) is 22.7. The summed E-state index contributed by atoms with van der Waals surface area (Å²) in [6, 6.07) is 8.04. The first kappa shape index (κ1) is 14.0. The number of carbonyl (C=O) groups excluding carboxylic acids is 1. The molecule has 2 N–H and O–H groups in total. The van der Waals surface area contributed by atoms with Gasteiger partial charge in [-0.15, -0.1) is 0 Å². The van der Waals surface area contributed by atoms with Gasteiger partial charge in [-0.25, -0.2) is 0 Å². The summed E-state index contributed by atoms with van der Waals surface area (Å²) in [5.41, 5.74) is 1.66. The zero-order valence-electron chi connectivity index (χ0n) is 12.0. The van der Waals surface area contributed by atoms with Gasteiger partial charge in [0.05, 0.1) is 5.54 Å². The highest BCUT2D eigenvalue weighted by molar-refractivity contribution is 5.98. The molecule has 1 aliphatic heterocycles. The fourth-order valence-electron chi connectivity index (χ4n) is 2.47. The fraction of sp³-hybridized carbons (Fsp3) is 0.533. The molecule has 0 aromatic heterocycles. The molecule has 0 bridgehead atoms. The SMILES string of the molecule is CN(C)Cc1cccc(NC(=O)C2(C)CCCN2)c1. The lowest BCUT2D eigenvalue weighted by atomic mass is 9.99. The van der Waals surface area contributed by atoms with Gasteiger partial charge in [0.15, 0.2) is 0 Å². The van der Waals surface area contributed by atoms with E-state index < -0.39 is 5.54 Å². The lowest BCUT2D eigenvalue weighted by molar-refractivity contribution is -0.121. The largest absolute Gasteiger partial charge is 0.324 e. The van der Waals surface area contributed by atoms with Crippen LogP contribution in [0.1, 0.15) is 25.3 Å². The first-order chi connectivity index (χ1) is 8.99. The Kier molecular flexibility index (Phi) is 4.22. The molecular weight excluding hydrogens is 238 g/mol. The van der Waals surface area contributed by atoms with Crippen molar-refractivity contribution in [3.8, 4) is 0 Å². The zero-order valence-corrected chi connectivity index (χ0v) is 12.0. The van der Waals surface area contributed by atoms with Gasteiger partial charge in [0.2, 0.25) is 5.91 Å². The predicted molar refractivity (Wildman–Crippen MR) is 78.1 cm³/mol. The first-order valence-electron chi connectivity index (χ1n) is 6.80. The average Bonchev–Trinajstić information content (AvgIpc) is 2.77. The molecule has 1 unspecified atom stereocenters. The van der Waals surface area contributed by atoms with Gasteiger partial charge < -0.3 is 15.5 Å². The third kappa shape index (κ3) is 3.55. The van der Waals surface area contributed by atoms with Crippen LogP contribution >= 0.6 is 0 Å². The molecule has 1 heterocycles. The highest BCUT2D eigenvalue weighted by atomic mass is 16.2. The van der Waals surface area contributed by atoms with E-state index in [1.165, 1.54) is 5.56 Å². The molecule has 104 valence electrons. The minimum Gasteiger partial charge on any atom is -0.324 e. The van der Waals surface area contributed by atoms with Crippen LogP contribution in [0.4, 0.5) is 5.69 Å². The Morgan fingerprint density at radius 3 is 2.89 bits per heavy atom. The van der Waals surface area contributed by atoms with Crippen molar-refractivity contribution < 1.29 is 4.79 Å². The number of nitrogens with zero attached hydrogens (tertiary/aromatic N) is 1. The number of anilines is 1. The molecule has 1 aromatic carbocycles. The summed E-state index contributed by atoms with van der Waals surface area (Å²) in [7, 11) is 4.07. The van der Waals surface area contributed by atoms with Crippen LogP contribution in [0.2, 0.25) is 0 Å². The maximum Gasteiger partial charge on any atom is 0.244 e. The van der Waals surface area contributed by atoms with Crippen molar-refractivity contribution in [2.75, 3.05) is 26.0 Å². The number of amides is 1. The number of nitrogens with one attached hydrogen (secondary N) is 2. The second kappa shape index (κ2) is 5.72. The molecular formula is C15H23N3O. The van der Waals surface area contributed by atoms with E-state index >= 15 is 0 Å². The van der Waals surface area contributed by atoms with E-state index in [4.69, 9.17) is 0 Å². The highest BCUT2D eigenvalue weighted by Gasteiger charge is 2.35. The van der Waals surface area contributed by atoms with E-state index in [0.29, 0.717) is 0 Å². The van der Waals surface area contributed by atoms with Crippen molar-refractivity contribution in [1.82, 2.24) is 10.2 Å². The van der Waals surface area contributed by atoms with E-state index in [2.05, 4.69) is 21.6 Å². The molecule has 1 fully saturated rings. The molecule has 1 atom stereocenters. The Morgan fingerprint density at radius 1 is 1.47 bits per heavy atom. The molecule has 4 nitrogen and oxygen atoms in total. The molecule has 0 aliphatic carbocycles. The second-order valence-electron chi connectivity index (χ2n) is 5.75. The van der Waals surface area contributed by atoms with Crippen LogP contribution in [0.25, 0.3) is 0 Å².